The number of nitrogens with two attached hydrogens (primary N) is 1. The standard InChI is InChI=1S/C24H37N3O5/c25-20(14-9-10-16-26-24(31)32-18-19-12-6-5-7-13-19)22(28)27-17-11-4-2-1-3-8-15-21(27)23(29)30/h5-7,12-13,20-21H,1-4,8-11,14-18,25H2,(H,26,31)(H,29,30)/t20-,21-/m0/s1. The van der Waals surface area contributed by atoms with Gasteiger partial charge in [0.2, 0.25) is 5.91 Å². The van der Waals surface area contributed by atoms with Crippen molar-refractivity contribution >= 4 is 18.0 Å². The van der Waals surface area contributed by atoms with Gasteiger partial charge in [-0.3, -0.25) is 4.79 Å². The summed E-state index contributed by atoms with van der Waals surface area (Å²) >= 11 is 0. The third-order valence-electron chi connectivity index (χ3n) is 5.81. The third kappa shape index (κ3) is 9.26. The minimum absolute atomic E-state index is 0.215. The van der Waals surface area contributed by atoms with Gasteiger partial charge < -0.3 is 25.8 Å². The van der Waals surface area contributed by atoms with E-state index >= 15 is 0 Å². The molecule has 2 atom stereocenters. The topological polar surface area (TPSA) is 122 Å². The summed E-state index contributed by atoms with van der Waals surface area (Å²) in [5.41, 5.74) is 7.05. The molecule has 1 aromatic rings. The van der Waals surface area contributed by atoms with E-state index in [0.717, 1.165) is 44.1 Å². The summed E-state index contributed by atoms with van der Waals surface area (Å²) in [6.07, 6.45) is 7.59. The summed E-state index contributed by atoms with van der Waals surface area (Å²) in [6.45, 7) is 1.08. The molecule has 1 aliphatic rings. The predicted molar refractivity (Wildman–Crippen MR) is 122 cm³/mol. The summed E-state index contributed by atoms with van der Waals surface area (Å²) in [5, 5.41) is 12.3. The van der Waals surface area contributed by atoms with Crippen LogP contribution in [0.5, 0.6) is 0 Å². The molecule has 1 aliphatic heterocycles. The number of amides is 2. The van der Waals surface area contributed by atoms with Crippen LogP contribution in [-0.4, -0.2) is 53.1 Å². The highest BCUT2D eigenvalue weighted by molar-refractivity contribution is 5.86. The van der Waals surface area contributed by atoms with Gasteiger partial charge in [0.1, 0.15) is 12.6 Å². The van der Waals surface area contributed by atoms with Crippen LogP contribution in [0, 0.1) is 0 Å². The second-order valence-corrected chi connectivity index (χ2v) is 8.39. The van der Waals surface area contributed by atoms with Crippen LogP contribution >= 0.6 is 0 Å². The molecule has 4 N–H and O–H groups in total. The third-order valence-corrected chi connectivity index (χ3v) is 5.81. The van der Waals surface area contributed by atoms with E-state index in [-0.39, 0.29) is 12.5 Å². The van der Waals surface area contributed by atoms with Crippen LogP contribution in [0.1, 0.15) is 69.8 Å². The van der Waals surface area contributed by atoms with Crippen molar-refractivity contribution in [1.29, 1.82) is 0 Å². The van der Waals surface area contributed by atoms with E-state index in [0.29, 0.717) is 38.8 Å². The number of unbranched alkanes of at least 4 members (excludes halogenated alkanes) is 1. The zero-order chi connectivity index (χ0) is 23.2. The molecule has 1 heterocycles. The largest absolute Gasteiger partial charge is 0.480 e. The van der Waals surface area contributed by atoms with Crippen molar-refractivity contribution < 1.29 is 24.2 Å². The zero-order valence-corrected chi connectivity index (χ0v) is 18.8. The molecule has 0 aromatic heterocycles. The molecule has 1 saturated heterocycles. The molecule has 178 valence electrons. The first-order valence-corrected chi connectivity index (χ1v) is 11.7. The number of carboxylic acid groups (broad SMARTS) is 1. The van der Waals surface area contributed by atoms with Gasteiger partial charge in [0.05, 0.1) is 6.04 Å². The Morgan fingerprint density at radius 2 is 1.75 bits per heavy atom. The lowest BCUT2D eigenvalue weighted by atomic mass is 10.00. The van der Waals surface area contributed by atoms with Crippen LogP contribution in [-0.2, 0) is 20.9 Å². The molecule has 0 radical (unpaired) electrons. The minimum Gasteiger partial charge on any atom is -0.480 e. The van der Waals surface area contributed by atoms with E-state index in [9.17, 15) is 19.5 Å². The van der Waals surface area contributed by atoms with E-state index < -0.39 is 24.1 Å². The maximum atomic E-state index is 12.9. The van der Waals surface area contributed by atoms with Gasteiger partial charge in [0.25, 0.3) is 0 Å². The Hall–Kier alpha value is -2.61. The van der Waals surface area contributed by atoms with Gasteiger partial charge in [-0.15, -0.1) is 0 Å². The molecule has 2 amide bonds. The molecule has 1 fully saturated rings. The first-order valence-electron chi connectivity index (χ1n) is 11.7. The van der Waals surface area contributed by atoms with Crippen LogP contribution in [0.4, 0.5) is 4.79 Å². The van der Waals surface area contributed by atoms with Crippen LogP contribution < -0.4 is 11.1 Å². The van der Waals surface area contributed by atoms with Gasteiger partial charge in [-0.1, -0.05) is 62.4 Å². The summed E-state index contributed by atoms with van der Waals surface area (Å²) < 4.78 is 5.16. The first-order chi connectivity index (χ1) is 15.5. The number of hydrogen-bond donors (Lipinski definition) is 3. The van der Waals surface area contributed by atoms with E-state index in [4.69, 9.17) is 10.5 Å². The second kappa shape index (κ2) is 14.5. The molecule has 0 saturated carbocycles. The molecule has 0 aliphatic carbocycles. The Kier molecular flexibility index (Phi) is 11.6. The van der Waals surface area contributed by atoms with Gasteiger partial charge in [-0.05, 0) is 37.7 Å². The molecule has 1 aromatic carbocycles. The number of ether oxygens (including phenoxy) is 1. The molecule has 0 unspecified atom stereocenters. The fraction of sp³-hybridized carbons (Fsp3) is 0.625. The lowest BCUT2D eigenvalue weighted by Gasteiger charge is -2.32. The number of aliphatic carboxylic acids is 1. The lowest BCUT2D eigenvalue weighted by molar-refractivity contribution is -0.151. The maximum Gasteiger partial charge on any atom is 0.407 e. The number of benzene rings is 1. The van der Waals surface area contributed by atoms with Gasteiger partial charge >= 0.3 is 12.1 Å². The number of carbonyl (C=O) groups is 3. The number of nitrogens with zero attached hydrogens (tertiary/aromatic N) is 1. The SMILES string of the molecule is N[C@@H](CCCCNC(=O)OCc1ccccc1)C(=O)N1CCCCCCCC[C@H]1C(=O)O. The zero-order valence-electron chi connectivity index (χ0n) is 18.8. The Labute approximate surface area is 190 Å². The number of rotatable bonds is 9. The van der Waals surface area contributed by atoms with Crippen LogP contribution in [0.3, 0.4) is 0 Å². The van der Waals surface area contributed by atoms with Gasteiger partial charge in [0, 0.05) is 13.1 Å². The average molecular weight is 448 g/mol. The van der Waals surface area contributed by atoms with Crippen molar-refractivity contribution in [2.75, 3.05) is 13.1 Å². The lowest BCUT2D eigenvalue weighted by Crippen LogP contribution is -2.52. The van der Waals surface area contributed by atoms with Crippen LogP contribution in [0.25, 0.3) is 0 Å². The van der Waals surface area contributed by atoms with Crippen molar-refractivity contribution in [1.82, 2.24) is 10.2 Å². The van der Waals surface area contributed by atoms with Crippen molar-refractivity contribution in [2.45, 2.75) is 82.9 Å². The highest BCUT2D eigenvalue weighted by Gasteiger charge is 2.31. The Morgan fingerprint density at radius 1 is 1.06 bits per heavy atom. The summed E-state index contributed by atoms with van der Waals surface area (Å²) in [5.74, 6) is -1.24. The van der Waals surface area contributed by atoms with Gasteiger partial charge in [0.15, 0.2) is 0 Å². The van der Waals surface area contributed by atoms with Gasteiger partial charge in [-0.25, -0.2) is 9.59 Å². The minimum atomic E-state index is -0.954. The predicted octanol–water partition coefficient (Wildman–Crippen LogP) is 3.44. The molecule has 0 bridgehead atoms. The number of nitrogens with one attached hydrogen (secondary N) is 1. The fourth-order valence-corrected chi connectivity index (χ4v) is 3.95. The summed E-state index contributed by atoms with van der Waals surface area (Å²) in [6, 6.07) is 7.91. The normalized spacial score (nSPS) is 18.4. The quantitative estimate of drug-likeness (QED) is 0.499. The summed E-state index contributed by atoms with van der Waals surface area (Å²) in [4.78, 5) is 37.9. The Morgan fingerprint density at radius 3 is 2.47 bits per heavy atom. The molecule has 8 nitrogen and oxygen atoms in total. The van der Waals surface area contributed by atoms with Crippen molar-refractivity contribution in [3.05, 3.63) is 35.9 Å². The van der Waals surface area contributed by atoms with Crippen molar-refractivity contribution in [3.8, 4) is 0 Å². The smallest absolute Gasteiger partial charge is 0.407 e. The van der Waals surface area contributed by atoms with E-state index in [1.807, 2.05) is 30.3 Å². The van der Waals surface area contributed by atoms with Crippen molar-refractivity contribution in [3.63, 3.8) is 0 Å². The fourth-order valence-electron chi connectivity index (χ4n) is 3.95. The van der Waals surface area contributed by atoms with Crippen LogP contribution in [0.15, 0.2) is 30.3 Å². The average Bonchev–Trinajstić information content (AvgIpc) is 2.80. The molecule has 0 spiro atoms. The van der Waals surface area contributed by atoms with Crippen LogP contribution in [0.2, 0.25) is 0 Å². The van der Waals surface area contributed by atoms with E-state index in [2.05, 4.69) is 5.32 Å². The highest BCUT2D eigenvalue weighted by atomic mass is 16.5. The molecule has 32 heavy (non-hydrogen) atoms. The molecular weight excluding hydrogens is 410 g/mol. The number of alkyl carbamates (subject to hydrolysis) is 1. The number of carbonyl (C=O) groups excluding carboxylic acids is 2. The molecule has 8 heteroatoms. The van der Waals surface area contributed by atoms with E-state index in [1.54, 1.807) is 0 Å². The van der Waals surface area contributed by atoms with E-state index in [1.165, 1.54) is 4.90 Å². The van der Waals surface area contributed by atoms with Crippen molar-refractivity contribution in [2.24, 2.45) is 5.73 Å². The summed E-state index contributed by atoms with van der Waals surface area (Å²) in [7, 11) is 0. The monoisotopic (exact) mass is 447 g/mol. The number of carboxylic acids is 1. The Bertz CT molecular complexity index is 713. The van der Waals surface area contributed by atoms with Gasteiger partial charge in [-0.2, -0.15) is 0 Å². The highest BCUT2D eigenvalue weighted by Crippen LogP contribution is 2.18. The molecular formula is C24H37N3O5. The second-order valence-electron chi connectivity index (χ2n) is 8.39. The Balaban J connectivity index is 1.70. The molecule has 2 rings (SSSR count). The first kappa shape index (κ1) is 25.6. The number of hydrogen-bond acceptors (Lipinski definition) is 5. The maximum absolute atomic E-state index is 12.9.